The van der Waals surface area contributed by atoms with Gasteiger partial charge in [0.1, 0.15) is 0 Å². The lowest BCUT2D eigenvalue weighted by Gasteiger charge is -2.56. The molecular formula is C20H25N5O. The highest BCUT2D eigenvalue weighted by Crippen LogP contribution is 2.44. The minimum Gasteiger partial charge on any atom is -0.478 e. The van der Waals surface area contributed by atoms with Crippen LogP contribution in [0.5, 0.6) is 5.88 Å². The van der Waals surface area contributed by atoms with Crippen LogP contribution in [0.15, 0.2) is 42.7 Å². The average Bonchev–Trinajstić information content (AvgIpc) is 2.94. The van der Waals surface area contributed by atoms with Crippen molar-refractivity contribution in [3.8, 4) is 5.88 Å². The van der Waals surface area contributed by atoms with Gasteiger partial charge in [0.2, 0.25) is 0 Å². The van der Waals surface area contributed by atoms with E-state index in [4.69, 9.17) is 4.74 Å². The summed E-state index contributed by atoms with van der Waals surface area (Å²) in [6.07, 6.45) is 3.41. The zero-order valence-electron chi connectivity index (χ0n) is 15.1. The lowest BCUT2D eigenvalue weighted by Crippen LogP contribution is -2.68. The average molecular weight is 351 g/mol. The summed E-state index contributed by atoms with van der Waals surface area (Å²) < 4.78 is 5.45. The van der Waals surface area contributed by atoms with Gasteiger partial charge < -0.3 is 19.9 Å². The standard InChI is InChI=1S/C20H25N5O/c1-26-19-18(21-7-8-22-19)23-17-15-11-24-9-10-25(12-15)14-20(17,13-24)16-5-3-2-4-6-16/h2-8,15,17H,9-14H2,1H3,(H,21,23). The van der Waals surface area contributed by atoms with E-state index in [1.807, 2.05) is 0 Å². The Hall–Kier alpha value is -2.18. The molecule has 1 aromatic heterocycles. The van der Waals surface area contributed by atoms with Crippen LogP contribution in [-0.4, -0.2) is 72.2 Å². The summed E-state index contributed by atoms with van der Waals surface area (Å²) in [5.74, 6) is 1.89. The Morgan fingerprint density at radius 2 is 1.73 bits per heavy atom. The molecule has 4 aliphatic heterocycles. The molecule has 5 heterocycles. The topological polar surface area (TPSA) is 53.5 Å². The quantitative estimate of drug-likeness (QED) is 0.900. The highest BCUT2D eigenvalue weighted by molar-refractivity contribution is 5.49. The Balaban J connectivity index is 1.58. The van der Waals surface area contributed by atoms with Gasteiger partial charge in [0.25, 0.3) is 5.88 Å². The maximum atomic E-state index is 5.45. The first-order valence-electron chi connectivity index (χ1n) is 9.40. The maximum Gasteiger partial charge on any atom is 0.257 e. The smallest absolute Gasteiger partial charge is 0.257 e. The molecule has 0 aliphatic carbocycles. The molecule has 0 saturated carbocycles. The molecule has 4 aliphatic rings. The fraction of sp³-hybridized carbons (Fsp3) is 0.500. The number of nitrogens with one attached hydrogen (secondary N) is 1. The summed E-state index contributed by atoms with van der Waals surface area (Å²) >= 11 is 0. The van der Waals surface area contributed by atoms with Crippen molar-refractivity contribution in [3.63, 3.8) is 0 Å². The Kier molecular flexibility index (Phi) is 3.83. The van der Waals surface area contributed by atoms with E-state index in [0.29, 0.717) is 17.8 Å². The molecular weight excluding hydrogens is 326 g/mol. The molecule has 6 nitrogen and oxygen atoms in total. The number of hydrogen-bond acceptors (Lipinski definition) is 6. The molecule has 4 saturated heterocycles. The van der Waals surface area contributed by atoms with E-state index in [0.717, 1.165) is 32.0 Å². The first kappa shape index (κ1) is 16.0. The molecule has 4 bridgehead atoms. The van der Waals surface area contributed by atoms with Gasteiger partial charge in [0.05, 0.1) is 7.11 Å². The van der Waals surface area contributed by atoms with E-state index in [-0.39, 0.29) is 5.41 Å². The van der Waals surface area contributed by atoms with E-state index in [9.17, 15) is 0 Å². The molecule has 6 rings (SSSR count). The Morgan fingerprint density at radius 1 is 1.04 bits per heavy atom. The van der Waals surface area contributed by atoms with Crippen LogP contribution in [0.3, 0.4) is 0 Å². The van der Waals surface area contributed by atoms with Gasteiger partial charge in [-0.05, 0) is 5.56 Å². The van der Waals surface area contributed by atoms with Crippen LogP contribution in [0.4, 0.5) is 5.82 Å². The van der Waals surface area contributed by atoms with E-state index in [1.165, 1.54) is 18.7 Å². The summed E-state index contributed by atoms with van der Waals surface area (Å²) in [5, 5.41) is 3.76. The normalized spacial score (nSPS) is 35.1. The van der Waals surface area contributed by atoms with Crippen LogP contribution in [-0.2, 0) is 5.41 Å². The predicted octanol–water partition coefficient (Wildman–Crippen LogP) is 1.46. The number of fused-ring (bicyclic) bond motifs is 1. The monoisotopic (exact) mass is 351 g/mol. The lowest BCUT2D eigenvalue weighted by atomic mass is 9.64. The fourth-order valence-corrected chi connectivity index (χ4v) is 5.29. The van der Waals surface area contributed by atoms with Gasteiger partial charge in [-0.15, -0.1) is 0 Å². The molecule has 0 radical (unpaired) electrons. The number of methoxy groups -OCH3 is 1. The number of nitrogens with zero attached hydrogens (tertiary/aromatic N) is 4. The summed E-state index contributed by atoms with van der Waals surface area (Å²) in [6, 6.07) is 11.3. The summed E-state index contributed by atoms with van der Waals surface area (Å²) in [7, 11) is 1.65. The SMILES string of the molecule is COc1nccnc1NC1C2CN3CCN(C2)CC1(c1ccccc1)C3. The van der Waals surface area contributed by atoms with Gasteiger partial charge in [-0.1, -0.05) is 30.3 Å². The highest BCUT2D eigenvalue weighted by Gasteiger charge is 2.55. The molecule has 3 atom stereocenters. The molecule has 1 N–H and O–H groups in total. The first-order valence-corrected chi connectivity index (χ1v) is 9.40. The first-order chi connectivity index (χ1) is 12.8. The van der Waals surface area contributed by atoms with Crippen molar-refractivity contribution >= 4 is 5.82 Å². The fourth-order valence-electron chi connectivity index (χ4n) is 5.29. The molecule has 4 fully saturated rings. The molecule has 6 heteroatoms. The summed E-state index contributed by atoms with van der Waals surface area (Å²) in [6.45, 7) is 6.81. The number of anilines is 1. The molecule has 26 heavy (non-hydrogen) atoms. The molecule has 0 spiro atoms. The Labute approximate surface area is 154 Å². The predicted molar refractivity (Wildman–Crippen MR) is 100 cm³/mol. The van der Waals surface area contributed by atoms with E-state index in [2.05, 4.69) is 55.4 Å². The lowest BCUT2D eigenvalue weighted by molar-refractivity contribution is 0.0436. The third kappa shape index (κ3) is 2.47. The van der Waals surface area contributed by atoms with Crippen molar-refractivity contribution in [1.29, 1.82) is 0 Å². The third-order valence-corrected chi connectivity index (χ3v) is 6.30. The Bertz CT molecular complexity index is 767. The minimum absolute atomic E-state index is 0.0570. The highest BCUT2D eigenvalue weighted by atomic mass is 16.5. The van der Waals surface area contributed by atoms with Crippen molar-refractivity contribution in [2.45, 2.75) is 11.5 Å². The number of hydrogen-bond donors (Lipinski definition) is 1. The molecule has 3 unspecified atom stereocenters. The van der Waals surface area contributed by atoms with Gasteiger partial charge in [0, 0.05) is 69.0 Å². The molecule has 0 amide bonds. The molecule has 1 aromatic carbocycles. The zero-order valence-corrected chi connectivity index (χ0v) is 15.1. The number of piperidine rings is 2. The van der Waals surface area contributed by atoms with Crippen molar-refractivity contribution in [2.24, 2.45) is 5.92 Å². The molecule has 136 valence electrons. The number of benzene rings is 1. The maximum absolute atomic E-state index is 5.45. The van der Waals surface area contributed by atoms with Crippen LogP contribution < -0.4 is 10.1 Å². The largest absolute Gasteiger partial charge is 0.478 e. The second-order valence-corrected chi connectivity index (χ2v) is 7.79. The van der Waals surface area contributed by atoms with Gasteiger partial charge >= 0.3 is 0 Å². The van der Waals surface area contributed by atoms with Crippen LogP contribution in [0.1, 0.15) is 5.56 Å². The second-order valence-electron chi connectivity index (χ2n) is 7.79. The van der Waals surface area contributed by atoms with E-state index in [1.54, 1.807) is 19.5 Å². The van der Waals surface area contributed by atoms with Crippen LogP contribution in [0.25, 0.3) is 0 Å². The van der Waals surface area contributed by atoms with Crippen molar-refractivity contribution in [2.75, 3.05) is 51.7 Å². The van der Waals surface area contributed by atoms with Crippen LogP contribution in [0.2, 0.25) is 0 Å². The van der Waals surface area contributed by atoms with Crippen LogP contribution >= 0.6 is 0 Å². The van der Waals surface area contributed by atoms with Crippen molar-refractivity contribution in [1.82, 2.24) is 19.8 Å². The molecule has 2 aromatic rings. The van der Waals surface area contributed by atoms with Crippen molar-refractivity contribution in [3.05, 3.63) is 48.3 Å². The Morgan fingerprint density at radius 3 is 2.42 bits per heavy atom. The van der Waals surface area contributed by atoms with Crippen LogP contribution in [0, 0.1) is 5.92 Å². The van der Waals surface area contributed by atoms with Gasteiger partial charge in [0.15, 0.2) is 5.82 Å². The van der Waals surface area contributed by atoms with Gasteiger partial charge in [-0.3, -0.25) is 0 Å². The number of aromatic nitrogens is 2. The number of ether oxygens (including phenoxy) is 1. The zero-order chi connectivity index (χ0) is 17.6. The second kappa shape index (κ2) is 6.21. The summed E-state index contributed by atoms with van der Waals surface area (Å²) in [5.41, 5.74) is 1.48. The minimum atomic E-state index is 0.0570. The van der Waals surface area contributed by atoms with Gasteiger partial charge in [-0.25, -0.2) is 9.97 Å². The summed E-state index contributed by atoms with van der Waals surface area (Å²) in [4.78, 5) is 14.1. The van der Waals surface area contributed by atoms with E-state index < -0.39 is 0 Å². The van der Waals surface area contributed by atoms with Crippen molar-refractivity contribution < 1.29 is 4.74 Å². The third-order valence-electron chi connectivity index (χ3n) is 6.30. The van der Waals surface area contributed by atoms with E-state index >= 15 is 0 Å². The number of rotatable bonds is 4. The van der Waals surface area contributed by atoms with Gasteiger partial charge in [-0.2, -0.15) is 0 Å².